The zero-order valence-corrected chi connectivity index (χ0v) is 19.1. The van der Waals surface area contributed by atoms with Gasteiger partial charge in [-0.15, -0.1) is 6.92 Å². The summed E-state index contributed by atoms with van der Waals surface area (Å²) in [6.07, 6.45) is 7.92. The van der Waals surface area contributed by atoms with E-state index < -0.39 is 0 Å². The maximum atomic E-state index is 12.4. The Balaban J connectivity index is 0.00000261. The van der Waals surface area contributed by atoms with Crippen molar-refractivity contribution in [3.63, 3.8) is 0 Å². The van der Waals surface area contributed by atoms with Gasteiger partial charge in [-0.25, -0.2) is 16.8 Å². The van der Waals surface area contributed by atoms with Crippen LogP contribution in [-0.4, -0.2) is 41.2 Å². The molecule has 1 aliphatic heterocycles. The quantitative estimate of drug-likeness (QED) is 0.361. The minimum atomic E-state index is -0.216. The summed E-state index contributed by atoms with van der Waals surface area (Å²) in [4.78, 5) is 14.5. The molecule has 0 atom stereocenters. The predicted molar refractivity (Wildman–Crippen MR) is 97.6 cm³/mol. The van der Waals surface area contributed by atoms with Gasteiger partial charge in [-0.1, -0.05) is 5.16 Å². The molecule has 0 spiro atoms. The fourth-order valence-corrected chi connectivity index (χ4v) is 2.70. The van der Waals surface area contributed by atoms with Gasteiger partial charge in [0.25, 0.3) is 5.56 Å². The SMILES string of the molecule is C[C-]=C/C=C(\[NH-])c1noc(C)c1Cn1ncc(N2CC(OC)C2)cc1=O.[K+]. The summed E-state index contributed by atoms with van der Waals surface area (Å²) >= 11 is 0. The second kappa shape index (κ2) is 9.81. The van der Waals surface area contributed by atoms with Crippen LogP contribution < -0.4 is 61.8 Å². The number of aromatic nitrogens is 3. The van der Waals surface area contributed by atoms with Crippen molar-refractivity contribution < 1.29 is 60.6 Å². The van der Waals surface area contributed by atoms with Gasteiger partial charge >= 0.3 is 51.4 Å². The fraction of sp³-hybridized carbons (Fsp3) is 0.389. The Morgan fingerprint density at radius 3 is 2.89 bits per heavy atom. The van der Waals surface area contributed by atoms with Crippen LogP contribution in [-0.2, 0) is 11.3 Å². The van der Waals surface area contributed by atoms with Crippen LogP contribution in [0.2, 0.25) is 0 Å². The first-order valence-corrected chi connectivity index (χ1v) is 8.26. The summed E-state index contributed by atoms with van der Waals surface area (Å²) in [5.41, 5.74) is 9.92. The molecule has 0 aliphatic carbocycles. The summed E-state index contributed by atoms with van der Waals surface area (Å²) in [5.74, 6) is 0.561. The largest absolute Gasteiger partial charge is 1.00 e. The van der Waals surface area contributed by atoms with Gasteiger partial charge in [0, 0.05) is 31.8 Å². The first kappa shape index (κ1) is 22.1. The number of allylic oxidation sites excluding steroid dienone is 3. The monoisotopic (exact) mass is 394 g/mol. The Labute approximate surface area is 200 Å². The van der Waals surface area contributed by atoms with Gasteiger partial charge in [0.15, 0.2) is 0 Å². The molecule has 27 heavy (non-hydrogen) atoms. The molecule has 1 fully saturated rings. The van der Waals surface area contributed by atoms with E-state index in [2.05, 4.69) is 16.3 Å². The Hall–Kier alpha value is -1.23. The van der Waals surface area contributed by atoms with Crippen molar-refractivity contribution in [3.05, 3.63) is 63.6 Å². The third kappa shape index (κ3) is 4.98. The number of hydrogen-bond donors (Lipinski definition) is 0. The van der Waals surface area contributed by atoms with Gasteiger partial charge in [-0.3, -0.25) is 10.9 Å². The molecule has 1 aliphatic rings. The van der Waals surface area contributed by atoms with E-state index in [1.807, 2.05) is 4.90 Å². The first-order valence-electron chi connectivity index (χ1n) is 8.26. The number of nitrogens with one attached hydrogen (secondary N) is 1. The molecule has 2 aromatic heterocycles. The molecular formula is C18H21KN5O3-. The van der Waals surface area contributed by atoms with Crippen LogP contribution in [0.4, 0.5) is 5.69 Å². The molecular weight excluding hydrogens is 373 g/mol. The van der Waals surface area contributed by atoms with Crippen LogP contribution in [0.25, 0.3) is 11.4 Å². The van der Waals surface area contributed by atoms with Crippen molar-refractivity contribution in [2.24, 2.45) is 0 Å². The van der Waals surface area contributed by atoms with Gasteiger partial charge in [0.05, 0.1) is 30.2 Å². The molecule has 9 heteroatoms. The van der Waals surface area contributed by atoms with Gasteiger partial charge in [0.1, 0.15) is 5.76 Å². The van der Waals surface area contributed by atoms with Crippen LogP contribution in [0.5, 0.6) is 0 Å². The maximum Gasteiger partial charge on any atom is 1.00 e. The van der Waals surface area contributed by atoms with E-state index in [1.165, 1.54) is 4.68 Å². The average Bonchev–Trinajstić information content (AvgIpc) is 2.95. The minimum absolute atomic E-state index is 0. The Bertz CT molecular complexity index is 897. The van der Waals surface area contributed by atoms with Gasteiger partial charge < -0.3 is 19.9 Å². The smallest absolute Gasteiger partial charge is 0.712 e. The summed E-state index contributed by atoms with van der Waals surface area (Å²) < 4.78 is 11.8. The molecule has 3 heterocycles. The van der Waals surface area contributed by atoms with Gasteiger partial charge in [-0.2, -0.15) is 10.8 Å². The van der Waals surface area contributed by atoms with E-state index in [0.29, 0.717) is 17.0 Å². The summed E-state index contributed by atoms with van der Waals surface area (Å²) in [6, 6.07) is 1.56. The summed E-state index contributed by atoms with van der Waals surface area (Å²) in [5, 5.41) is 8.20. The third-order valence-electron chi connectivity index (χ3n) is 4.37. The molecule has 0 saturated carbocycles. The van der Waals surface area contributed by atoms with Crippen molar-refractivity contribution in [1.29, 1.82) is 0 Å². The van der Waals surface area contributed by atoms with Crippen molar-refractivity contribution >= 4 is 11.4 Å². The molecule has 0 aromatic carbocycles. The van der Waals surface area contributed by atoms with E-state index in [4.69, 9.17) is 15.0 Å². The summed E-state index contributed by atoms with van der Waals surface area (Å²) in [6.45, 7) is 5.21. The van der Waals surface area contributed by atoms with E-state index in [9.17, 15) is 4.79 Å². The predicted octanol–water partition coefficient (Wildman–Crippen LogP) is -0.801. The number of methoxy groups -OCH3 is 1. The average molecular weight is 394 g/mol. The van der Waals surface area contributed by atoms with E-state index >= 15 is 0 Å². The van der Waals surface area contributed by atoms with E-state index in [0.717, 1.165) is 18.8 Å². The van der Waals surface area contributed by atoms with Gasteiger partial charge in [0.2, 0.25) is 0 Å². The van der Waals surface area contributed by atoms with Crippen LogP contribution >= 0.6 is 0 Å². The Morgan fingerprint density at radius 2 is 2.26 bits per heavy atom. The Morgan fingerprint density at radius 1 is 1.52 bits per heavy atom. The van der Waals surface area contributed by atoms with Crippen LogP contribution in [0.15, 0.2) is 33.7 Å². The van der Waals surface area contributed by atoms with Crippen LogP contribution in [0.1, 0.15) is 23.9 Å². The fourth-order valence-electron chi connectivity index (χ4n) is 2.70. The standard InChI is InChI=1S/C18H21N5O3.K/c1-4-5-6-16(19)18-15(12(2)26-21-18)11-23-17(24)7-13(8-20-23)22-9-14(10-22)25-3;/h5-8,14,19H,9-11H2,1-3H3;/q-2;+1/b16-6-;. The third-order valence-corrected chi connectivity index (χ3v) is 4.37. The van der Waals surface area contributed by atoms with Crippen molar-refractivity contribution in [1.82, 2.24) is 14.9 Å². The zero-order valence-electron chi connectivity index (χ0n) is 16.0. The molecule has 8 nitrogen and oxygen atoms in total. The molecule has 0 radical (unpaired) electrons. The number of ether oxygens (including phenoxy) is 1. The zero-order chi connectivity index (χ0) is 18.7. The topological polar surface area (TPSA) is 97.2 Å². The first-order chi connectivity index (χ1) is 12.5. The van der Waals surface area contributed by atoms with Crippen molar-refractivity contribution in [2.45, 2.75) is 26.5 Å². The second-order valence-electron chi connectivity index (χ2n) is 6.07. The molecule has 2 aromatic rings. The van der Waals surface area contributed by atoms with Crippen molar-refractivity contribution in [2.75, 3.05) is 25.1 Å². The number of aryl methyl sites for hydroxylation is 1. The molecule has 0 amide bonds. The van der Waals surface area contributed by atoms with Crippen LogP contribution in [0.3, 0.4) is 0 Å². The summed E-state index contributed by atoms with van der Waals surface area (Å²) in [7, 11) is 1.68. The van der Waals surface area contributed by atoms with Crippen molar-refractivity contribution in [3.8, 4) is 0 Å². The number of rotatable bonds is 6. The maximum absolute atomic E-state index is 12.4. The number of hydrogen-bond acceptors (Lipinski definition) is 6. The number of anilines is 1. The van der Waals surface area contributed by atoms with Crippen LogP contribution in [0, 0.1) is 13.0 Å². The minimum Gasteiger partial charge on any atom is -0.712 e. The molecule has 0 unspecified atom stereocenters. The number of nitrogens with zero attached hydrogens (tertiary/aromatic N) is 4. The Kier molecular flexibility index (Phi) is 8.01. The molecule has 1 saturated heterocycles. The molecule has 0 bridgehead atoms. The molecule has 1 N–H and O–H groups in total. The van der Waals surface area contributed by atoms with E-state index in [1.54, 1.807) is 45.4 Å². The van der Waals surface area contributed by atoms with E-state index in [-0.39, 0.29) is 75.3 Å². The van der Waals surface area contributed by atoms with Gasteiger partial charge in [-0.05, 0) is 6.92 Å². The second-order valence-corrected chi connectivity index (χ2v) is 6.07. The molecule has 3 rings (SSSR count). The molecule has 138 valence electrons. The normalized spacial score (nSPS) is 15.1.